The zero-order valence-electron chi connectivity index (χ0n) is 14.9. The van der Waals surface area contributed by atoms with Gasteiger partial charge >= 0.3 is 5.97 Å². The Labute approximate surface area is 171 Å². The fraction of sp³-hybridized carbons (Fsp3) is 0.100. The Hall–Kier alpha value is -2.71. The summed E-state index contributed by atoms with van der Waals surface area (Å²) < 4.78 is 33.7. The minimum absolute atomic E-state index is 0.0814. The molecule has 0 spiro atoms. The molecule has 0 saturated heterocycles. The maximum absolute atomic E-state index is 12.7. The normalized spacial score (nSPS) is 11.1. The van der Waals surface area contributed by atoms with Crippen molar-refractivity contribution in [2.45, 2.75) is 18.6 Å². The SMILES string of the molecule is Cc1c(Br)ccc(NS(=O)(=O)c2ccccn2)c1C(=O)OCc1ccccc1. The lowest BCUT2D eigenvalue weighted by Gasteiger charge is -2.15. The standard InChI is InChI=1S/C20H17BrN2O4S/c1-14-16(21)10-11-17(23-28(25,26)18-9-5-6-12-22-18)19(14)20(24)27-13-15-7-3-2-4-8-15/h2-12,23H,13H2,1H3. The van der Waals surface area contributed by atoms with E-state index in [1.807, 2.05) is 30.3 Å². The van der Waals surface area contributed by atoms with Gasteiger partial charge in [0.2, 0.25) is 0 Å². The van der Waals surface area contributed by atoms with E-state index in [2.05, 4.69) is 25.6 Å². The summed E-state index contributed by atoms with van der Waals surface area (Å²) in [6, 6.07) is 17.0. The molecule has 8 heteroatoms. The van der Waals surface area contributed by atoms with Gasteiger partial charge in [0.1, 0.15) is 6.61 Å². The van der Waals surface area contributed by atoms with Crippen LogP contribution in [-0.2, 0) is 21.4 Å². The second-order valence-electron chi connectivity index (χ2n) is 5.93. The minimum atomic E-state index is -3.95. The molecule has 0 aliphatic rings. The van der Waals surface area contributed by atoms with E-state index in [0.29, 0.717) is 10.0 Å². The Morgan fingerprint density at radius 2 is 1.79 bits per heavy atom. The van der Waals surface area contributed by atoms with Gasteiger partial charge in [-0.05, 0) is 42.3 Å². The molecule has 0 aliphatic heterocycles. The molecule has 0 amide bonds. The molecule has 0 saturated carbocycles. The Balaban J connectivity index is 1.90. The third-order valence-corrected chi connectivity index (χ3v) is 6.11. The number of carbonyl (C=O) groups is 1. The zero-order chi connectivity index (χ0) is 20.1. The number of carbonyl (C=O) groups excluding carboxylic acids is 1. The molecule has 1 heterocycles. The molecule has 3 aromatic rings. The predicted octanol–water partition coefficient (Wildman–Crippen LogP) is 4.31. The Morgan fingerprint density at radius 1 is 1.07 bits per heavy atom. The van der Waals surface area contributed by atoms with E-state index in [0.717, 1.165) is 5.56 Å². The first-order valence-electron chi connectivity index (χ1n) is 8.32. The van der Waals surface area contributed by atoms with Gasteiger partial charge in [0, 0.05) is 10.7 Å². The molecule has 28 heavy (non-hydrogen) atoms. The summed E-state index contributed by atoms with van der Waals surface area (Å²) in [6.07, 6.45) is 1.39. The third kappa shape index (κ3) is 4.58. The topological polar surface area (TPSA) is 85.4 Å². The van der Waals surface area contributed by atoms with Crippen LogP contribution in [0.1, 0.15) is 21.5 Å². The first kappa shape index (κ1) is 20.0. The molecule has 2 aromatic carbocycles. The largest absolute Gasteiger partial charge is 0.457 e. The van der Waals surface area contributed by atoms with Gasteiger partial charge in [-0.2, -0.15) is 8.42 Å². The average molecular weight is 461 g/mol. The lowest BCUT2D eigenvalue weighted by molar-refractivity contribution is 0.0473. The van der Waals surface area contributed by atoms with E-state index in [1.54, 1.807) is 25.1 Å². The van der Waals surface area contributed by atoms with Crippen molar-refractivity contribution in [3.05, 3.63) is 88.0 Å². The van der Waals surface area contributed by atoms with Crippen molar-refractivity contribution in [1.82, 2.24) is 4.98 Å². The van der Waals surface area contributed by atoms with Crippen LogP contribution in [0.3, 0.4) is 0 Å². The molecule has 6 nitrogen and oxygen atoms in total. The smallest absolute Gasteiger partial charge is 0.340 e. The van der Waals surface area contributed by atoms with Gasteiger partial charge in [0.15, 0.2) is 5.03 Å². The van der Waals surface area contributed by atoms with Crippen LogP contribution in [0.5, 0.6) is 0 Å². The van der Waals surface area contributed by atoms with Crippen molar-refractivity contribution in [2.75, 3.05) is 4.72 Å². The van der Waals surface area contributed by atoms with Gasteiger partial charge in [-0.3, -0.25) is 4.72 Å². The van der Waals surface area contributed by atoms with Crippen molar-refractivity contribution in [2.24, 2.45) is 0 Å². The van der Waals surface area contributed by atoms with Crippen molar-refractivity contribution < 1.29 is 17.9 Å². The molecule has 0 bridgehead atoms. The summed E-state index contributed by atoms with van der Waals surface area (Å²) in [7, 11) is -3.95. The monoisotopic (exact) mass is 460 g/mol. The third-order valence-electron chi connectivity index (χ3n) is 3.97. The van der Waals surface area contributed by atoms with Crippen molar-refractivity contribution >= 4 is 37.6 Å². The van der Waals surface area contributed by atoms with E-state index < -0.39 is 16.0 Å². The second-order valence-corrected chi connectivity index (χ2v) is 8.41. The van der Waals surface area contributed by atoms with Crippen molar-refractivity contribution in [3.63, 3.8) is 0 Å². The Morgan fingerprint density at radius 3 is 2.46 bits per heavy atom. The van der Waals surface area contributed by atoms with Gasteiger partial charge < -0.3 is 4.74 Å². The van der Waals surface area contributed by atoms with E-state index >= 15 is 0 Å². The number of sulfonamides is 1. The number of esters is 1. The minimum Gasteiger partial charge on any atom is -0.457 e. The van der Waals surface area contributed by atoms with E-state index in [1.165, 1.54) is 18.3 Å². The zero-order valence-corrected chi connectivity index (χ0v) is 17.3. The quantitative estimate of drug-likeness (QED) is 0.553. The van der Waals surface area contributed by atoms with Crippen LogP contribution in [0.4, 0.5) is 5.69 Å². The van der Waals surface area contributed by atoms with Gasteiger partial charge in [-0.25, -0.2) is 9.78 Å². The number of nitrogens with zero attached hydrogens (tertiary/aromatic N) is 1. The van der Waals surface area contributed by atoms with Crippen LogP contribution in [0, 0.1) is 6.92 Å². The van der Waals surface area contributed by atoms with Crippen molar-refractivity contribution in [1.29, 1.82) is 0 Å². The van der Waals surface area contributed by atoms with Crippen molar-refractivity contribution in [3.8, 4) is 0 Å². The number of aromatic nitrogens is 1. The number of pyridine rings is 1. The van der Waals surface area contributed by atoms with Crippen LogP contribution in [0.25, 0.3) is 0 Å². The second kappa shape index (κ2) is 8.53. The van der Waals surface area contributed by atoms with Gasteiger partial charge in [-0.15, -0.1) is 0 Å². The average Bonchev–Trinajstić information content (AvgIpc) is 2.70. The first-order valence-corrected chi connectivity index (χ1v) is 10.6. The van der Waals surface area contributed by atoms with Gasteiger partial charge in [0.05, 0.1) is 11.3 Å². The summed E-state index contributed by atoms with van der Waals surface area (Å²) in [5, 5.41) is -0.140. The van der Waals surface area contributed by atoms with Gasteiger partial charge in [-0.1, -0.05) is 52.3 Å². The number of nitrogens with one attached hydrogen (secondary N) is 1. The summed E-state index contributed by atoms with van der Waals surface area (Å²) in [5.41, 5.74) is 1.67. The maximum Gasteiger partial charge on any atom is 0.340 e. The Bertz CT molecular complexity index is 1090. The lowest BCUT2D eigenvalue weighted by Crippen LogP contribution is -2.18. The summed E-state index contributed by atoms with van der Waals surface area (Å²) in [6.45, 7) is 1.79. The fourth-order valence-electron chi connectivity index (χ4n) is 2.53. The van der Waals surface area contributed by atoms with Crippen LogP contribution < -0.4 is 4.72 Å². The molecule has 144 valence electrons. The highest BCUT2D eigenvalue weighted by Gasteiger charge is 2.23. The molecule has 3 rings (SSSR count). The van der Waals surface area contributed by atoms with E-state index in [9.17, 15) is 13.2 Å². The number of anilines is 1. The highest BCUT2D eigenvalue weighted by atomic mass is 79.9. The Kier molecular flexibility index (Phi) is 6.11. The van der Waals surface area contributed by atoms with Crippen LogP contribution >= 0.6 is 15.9 Å². The first-order chi connectivity index (χ1) is 13.4. The number of hydrogen-bond acceptors (Lipinski definition) is 5. The molecule has 0 radical (unpaired) electrons. The molecule has 0 fully saturated rings. The number of halogens is 1. The number of ether oxygens (including phenoxy) is 1. The van der Waals surface area contributed by atoms with Crippen LogP contribution in [0.2, 0.25) is 0 Å². The molecule has 1 aromatic heterocycles. The maximum atomic E-state index is 12.7. The highest BCUT2D eigenvalue weighted by Crippen LogP contribution is 2.29. The highest BCUT2D eigenvalue weighted by molar-refractivity contribution is 9.10. The molecule has 0 aliphatic carbocycles. The van der Waals surface area contributed by atoms with Crippen LogP contribution in [-0.4, -0.2) is 19.4 Å². The summed E-state index contributed by atoms with van der Waals surface area (Å²) in [4.78, 5) is 16.6. The lowest BCUT2D eigenvalue weighted by atomic mass is 10.1. The molecule has 0 unspecified atom stereocenters. The summed E-state index contributed by atoms with van der Waals surface area (Å²) in [5.74, 6) is -0.624. The number of hydrogen-bond donors (Lipinski definition) is 1. The van der Waals surface area contributed by atoms with E-state index in [4.69, 9.17) is 4.74 Å². The number of benzene rings is 2. The summed E-state index contributed by atoms with van der Waals surface area (Å²) >= 11 is 3.37. The fourth-order valence-corrected chi connectivity index (χ4v) is 3.88. The van der Waals surface area contributed by atoms with Gasteiger partial charge in [0.25, 0.3) is 10.0 Å². The van der Waals surface area contributed by atoms with E-state index in [-0.39, 0.29) is 22.9 Å². The molecule has 1 N–H and O–H groups in total. The van der Waals surface area contributed by atoms with Crippen LogP contribution in [0.15, 0.2) is 76.4 Å². The predicted molar refractivity (Wildman–Crippen MR) is 109 cm³/mol. The molecule has 0 atom stereocenters. The molecular weight excluding hydrogens is 444 g/mol. The molecular formula is C20H17BrN2O4S. The number of rotatable bonds is 6.